The summed E-state index contributed by atoms with van der Waals surface area (Å²) in [6.07, 6.45) is 1.70. The third-order valence-electron chi connectivity index (χ3n) is 2.05. The van der Waals surface area contributed by atoms with Crippen LogP contribution >= 0.6 is 11.7 Å². The SMILES string of the molecule is CCNc1nsnc1-c1ccnc(OC)c1. The zero-order valence-corrected chi connectivity index (χ0v) is 9.91. The highest BCUT2D eigenvalue weighted by molar-refractivity contribution is 6.99. The monoisotopic (exact) mass is 236 g/mol. The van der Waals surface area contributed by atoms with E-state index in [1.54, 1.807) is 13.3 Å². The van der Waals surface area contributed by atoms with E-state index < -0.39 is 0 Å². The standard InChI is InChI=1S/C10H12N4OS/c1-3-11-10-9(13-16-14-10)7-4-5-12-8(6-7)15-2/h4-6H,3H2,1-2H3,(H,11,14). The summed E-state index contributed by atoms with van der Waals surface area (Å²) >= 11 is 1.19. The number of ether oxygens (including phenoxy) is 1. The predicted molar refractivity (Wildman–Crippen MR) is 63.9 cm³/mol. The summed E-state index contributed by atoms with van der Waals surface area (Å²) in [4.78, 5) is 4.06. The van der Waals surface area contributed by atoms with Gasteiger partial charge in [-0.3, -0.25) is 0 Å². The van der Waals surface area contributed by atoms with E-state index in [1.807, 2.05) is 19.1 Å². The summed E-state index contributed by atoms with van der Waals surface area (Å²) in [6.45, 7) is 2.84. The van der Waals surface area contributed by atoms with E-state index in [1.165, 1.54) is 11.7 Å². The molecular weight excluding hydrogens is 224 g/mol. The molecule has 16 heavy (non-hydrogen) atoms. The first-order chi connectivity index (χ1) is 7.85. The number of pyridine rings is 1. The number of rotatable bonds is 4. The Hall–Kier alpha value is -1.69. The largest absolute Gasteiger partial charge is 0.481 e. The van der Waals surface area contributed by atoms with Gasteiger partial charge in [-0.05, 0) is 13.0 Å². The quantitative estimate of drug-likeness (QED) is 0.880. The molecule has 0 aliphatic carbocycles. The number of hydrogen-bond donors (Lipinski definition) is 1. The van der Waals surface area contributed by atoms with Crippen molar-refractivity contribution in [1.29, 1.82) is 0 Å². The maximum atomic E-state index is 5.08. The average Bonchev–Trinajstić information content (AvgIpc) is 2.78. The maximum Gasteiger partial charge on any atom is 0.213 e. The first-order valence-corrected chi connectivity index (χ1v) is 5.65. The molecule has 0 spiro atoms. The van der Waals surface area contributed by atoms with Gasteiger partial charge in [0.25, 0.3) is 0 Å². The van der Waals surface area contributed by atoms with Gasteiger partial charge in [-0.15, -0.1) is 0 Å². The average molecular weight is 236 g/mol. The Balaban J connectivity index is 2.37. The molecule has 5 nitrogen and oxygen atoms in total. The molecule has 2 aromatic rings. The van der Waals surface area contributed by atoms with Crippen molar-refractivity contribution in [2.24, 2.45) is 0 Å². The molecule has 0 amide bonds. The van der Waals surface area contributed by atoms with E-state index in [0.29, 0.717) is 5.88 Å². The molecule has 0 atom stereocenters. The van der Waals surface area contributed by atoms with Crippen LogP contribution in [0.4, 0.5) is 5.82 Å². The van der Waals surface area contributed by atoms with Crippen LogP contribution in [0.25, 0.3) is 11.3 Å². The summed E-state index contributed by atoms with van der Waals surface area (Å²) in [5.74, 6) is 1.38. The Morgan fingerprint density at radius 1 is 1.44 bits per heavy atom. The lowest BCUT2D eigenvalue weighted by Crippen LogP contribution is -1.98. The fraction of sp³-hybridized carbons (Fsp3) is 0.300. The highest BCUT2D eigenvalue weighted by atomic mass is 32.1. The van der Waals surface area contributed by atoms with Gasteiger partial charge < -0.3 is 10.1 Å². The molecule has 0 unspecified atom stereocenters. The second kappa shape index (κ2) is 4.89. The van der Waals surface area contributed by atoms with E-state index in [9.17, 15) is 0 Å². The van der Waals surface area contributed by atoms with Crippen molar-refractivity contribution >= 4 is 17.5 Å². The van der Waals surface area contributed by atoms with Crippen molar-refractivity contribution in [2.75, 3.05) is 19.0 Å². The Bertz CT molecular complexity index is 471. The lowest BCUT2D eigenvalue weighted by molar-refractivity contribution is 0.398. The van der Waals surface area contributed by atoms with Gasteiger partial charge in [0, 0.05) is 24.4 Å². The third-order valence-corrected chi connectivity index (χ3v) is 2.58. The molecule has 0 aliphatic heterocycles. The fourth-order valence-electron chi connectivity index (χ4n) is 1.33. The highest BCUT2D eigenvalue weighted by Crippen LogP contribution is 2.27. The summed E-state index contributed by atoms with van der Waals surface area (Å²) in [6, 6.07) is 3.73. The predicted octanol–water partition coefficient (Wildman–Crippen LogP) is 2.04. The van der Waals surface area contributed by atoms with Gasteiger partial charge in [0.05, 0.1) is 18.8 Å². The minimum atomic E-state index is 0.577. The van der Waals surface area contributed by atoms with Crippen LogP contribution < -0.4 is 10.1 Å². The second-order valence-corrected chi connectivity index (χ2v) is 3.61. The molecule has 0 radical (unpaired) electrons. The van der Waals surface area contributed by atoms with Crippen molar-refractivity contribution in [2.45, 2.75) is 6.92 Å². The zero-order valence-electron chi connectivity index (χ0n) is 9.10. The fourth-order valence-corrected chi connectivity index (χ4v) is 1.88. The normalized spacial score (nSPS) is 10.1. The lowest BCUT2D eigenvalue weighted by Gasteiger charge is -2.03. The number of nitrogens with one attached hydrogen (secondary N) is 1. The summed E-state index contributed by atoms with van der Waals surface area (Å²) < 4.78 is 13.5. The lowest BCUT2D eigenvalue weighted by atomic mass is 10.2. The van der Waals surface area contributed by atoms with Crippen molar-refractivity contribution in [3.63, 3.8) is 0 Å². The van der Waals surface area contributed by atoms with Gasteiger partial charge in [-0.2, -0.15) is 8.75 Å². The molecule has 0 saturated heterocycles. The zero-order chi connectivity index (χ0) is 11.4. The number of hydrogen-bond acceptors (Lipinski definition) is 6. The number of nitrogens with zero attached hydrogens (tertiary/aromatic N) is 3. The highest BCUT2D eigenvalue weighted by Gasteiger charge is 2.10. The number of aromatic nitrogens is 3. The van der Waals surface area contributed by atoms with E-state index in [-0.39, 0.29) is 0 Å². The van der Waals surface area contributed by atoms with Crippen molar-refractivity contribution in [3.05, 3.63) is 18.3 Å². The van der Waals surface area contributed by atoms with Gasteiger partial charge in [0.2, 0.25) is 5.88 Å². The van der Waals surface area contributed by atoms with E-state index in [2.05, 4.69) is 19.0 Å². The van der Waals surface area contributed by atoms with Crippen LogP contribution in [0.5, 0.6) is 5.88 Å². The molecule has 6 heteroatoms. The molecule has 84 valence electrons. The van der Waals surface area contributed by atoms with Gasteiger partial charge >= 0.3 is 0 Å². The van der Waals surface area contributed by atoms with Crippen LogP contribution in [0.1, 0.15) is 6.92 Å². The molecule has 2 rings (SSSR count). The van der Waals surface area contributed by atoms with E-state index in [4.69, 9.17) is 4.74 Å². The summed E-state index contributed by atoms with van der Waals surface area (Å²) in [5.41, 5.74) is 1.80. The Morgan fingerprint density at radius 2 is 2.31 bits per heavy atom. The van der Waals surface area contributed by atoms with Crippen LogP contribution in [-0.4, -0.2) is 27.4 Å². The number of anilines is 1. The maximum absolute atomic E-state index is 5.08. The van der Waals surface area contributed by atoms with Crippen LogP contribution in [0.3, 0.4) is 0 Å². The molecule has 0 saturated carbocycles. The summed E-state index contributed by atoms with van der Waals surface area (Å²) in [7, 11) is 1.59. The Labute approximate surface area is 97.8 Å². The van der Waals surface area contributed by atoms with E-state index in [0.717, 1.165) is 23.6 Å². The minimum absolute atomic E-state index is 0.577. The Kier molecular flexibility index (Phi) is 3.31. The molecule has 0 fully saturated rings. The molecule has 0 bridgehead atoms. The van der Waals surface area contributed by atoms with Gasteiger partial charge in [0.1, 0.15) is 5.69 Å². The second-order valence-electron chi connectivity index (χ2n) is 3.08. The van der Waals surface area contributed by atoms with Crippen LogP contribution in [0.2, 0.25) is 0 Å². The van der Waals surface area contributed by atoms with Crippen LogP contribution in [0.15, 0.2) is 18.3 Å². The van der Waals surface area contributed by atoms with Gasteiger partial charge in [-0.1, -0.05) is 0 Å². The molecular formula is C10H12N4OS. The molecule has 2 aromatic heterocycles. The molecule has 0 aromatic carbocycles. The van der Waals surface area contributed by atoms with Crippen LogP contribution in [0, 0.1) is 0 Å². The molecule has 0 aliphatic rings. The van der Waals surface area contributed by atoms with Crippen molar-refractivity contribution in [3.8, 4) is 17.1 Å². The summed E-state index contributed by atoms with van der Waals surface area (Å²) in [5, 5.41) is 3.17. The minimum Gasteiger partial charge on any atom is -0.481 e. The van der Waals surface area contributed by atoms with Crippen molar-refractivity contribution < 1.29 is 4.74 Å². The van der Waals surface area contributed by atoms with E-state index >= 15 is 0 Å². The van der Waals surface area contributed by atoms with Crippen molar-refractivity contribution in [1.82, 2.24) is 13.7 Å². The van der Waals surface area contributed by atoms with Gasteiger partial charge in [-0.25, -0.2) is 4.98 Å². The third kappa shape index (κ3) is 2.11. The first kappa shape index (κ1) is 10.8. The first-order valence-electron chi connectivity index (χ1n) is 4.92. The number of methoxy groups -OCH3 is 1. The molecule has 1 N–H and O–H groups in total. The topological polar surface area (TPSA) is 59.9 Å². The van der Waals surface area contributed by atoms with Crippen LogP contribution in [-0.2, 0) is 0 Å². The molecule has 2 heterocycles. The van der Waals surface area contributed by atoms with Gasteiger partial charge in [0.15, 0.2) is 5.82 Å². The Morgan fingerprint density at radius 3 is 3.06 bits per heavy atom. The smallest absolute Gasteiger partial charge is 0.213 e.